The minimum absolute atomic E-state index is 0.170. The molecule has 0 unspecified atom stereocenters. The van der Waals surface area contributed by atoms with Crippen LogP contribution in [0.3, 0.4) is 0 Å². The van der Waals surface area contributed by atoms with E-state index in [2.05, 4.69) is 0 Å². The van der Waals surface area contributed by atoms with E-state index in [0.717, 1.165) is 10.9 Å². The number of benzene rings is 1. The van der Waals surface area contributed by atoms with Gasteiger partial charge >= 0.3 is 5.97 Å². The van der Waals surface area contributed by atoms with Gasteiger partial charge in [0.1, 0.15) is 0 Å². The van der Waals surface area contributed by atoms with Gasteiger partial charge in [-0.2, -0.15) is 0 Å². The zero-order chi connectivity index (χ0) is 13.3. The Hall–Kier alpha value is -2.10. The Morgan fingerprint density at radius 2 is 2.00 bits per heavy atom. The molecule has 1 aromatic heterocycles. The number of rotatable bonds is 2. The molecule has 2 aromatic rings. The fourth-order valence-electron chi connectivity index (χ4n) is 2.11. The van der Waals surface area contributed by atoms with Gasteiger partial charge in [-0.05, 0) is 19.9 Å². The Morgan fingerprint density at radius 1 is 1.33 bits per heavy atom. The van der Waals surface area contributed by atoms with Crippen LogP contribution in [0, 0.1) is 6.92 Å². The minimum atomic E-state index is -0.441. The van der Waals surface area contributed by atoms with Crippen molar-refractivity contribution in [3.05, 3.63) is 45.7 Å². The molecule has 0 aliphatic rings. The first-order valence-electron chi connectivity index (χ1n) is 5.83. The van der Waals surface area contributed by atoms with Gasteiger partial charge in [0.25, 0.3) is 5.56 Å². The van der Waals surface area contributed by atoms with Crippen molar-refractivity contribution in [3.63, 3.8) is 0 Å². The molecule has 0 amide bonds. The lowest BCUT2D eigenvalue weighted by atomic mass is 10.0. The highest BCUT2D eigenvalue weighted by molar-refractivity contribution is 6.04. The number of carbonyl (C=O) groups is 1. The van der Waals surface area contributed by atoms with Crippen molar-refractivity contribution in [2.75, 3.05) is 6.61 Å². The lowest BCUT2D eigenvalue weighted by Crippen LogP contribution is -2.24. The molecule has 4 nitrogen and oxygen atoms in total. The van der Waals surface area contributed by atoms with Gasteiger partial charge in [-0.25, -0.2) is 4.79 Å². The molecule has 0 saturated carbocycles. The lowest BCUT2D eigenvalue weighted by molar-refractivity contribution is 0.0527. The van der Waals surface area contributed by atoms with Crippen LogP contribution in [0.25, 0.3) is 10.9 Å². The fraction of sp³-hybridized carbons (Fsp3) is 0.286. The van der Waals surface area contributed by atoms with E-state index < -0.39 is 5.97 Å². The van der Waals surface area contributed by atoms with E-state index in [1.54, 1.807) is 25.5 Å². The van der Waals surface area contributed by atoms with Gasteiger partial charge in [-0.15, -0.1) is 0 Å². The predicted octanol–water partition coefficient (Wildman–Crippen LogP) is 2.02. The normalized spacial score (nSPS) is 10.6. The van der Waals surface area contributed by atoms with E-state index in [1.165, 1.54) is 0 Å². The third kappa shape index (κ3) is 1.79. The first-order chi connectivity index (χ1) is 8.57. The zero-order valence-corrected chi connectivity index (χ0v) is 10.7. The van der Waals surface area contributed by atoms with Crippen molar-refractivity contribution in [2.45, 2.75) is 13.8 Å². The maximum absolute atomic E-state index is 12.1. The van der Waals surface area contributed by atoms with Crippen molar-refractivity contribution in [1.29, 1.82) is 0 Å². The highest BCUT2D eigenvalue weighted by atomic mass is 16.5. The van der Waals surface area contributed by atoms with E-state index in [4.69, 9.17) is 4.74 Å². The molecule has 18 heavy (non-hydrogen) atoms. The minimum Gasteiger partial charge on any atom is -0.462 e. The van der Waals surface area contributed by atoms with Gasteiger partial charge in [-0.3, -0.25) is 4.79 Å². The zero-order valence-electron chi connectivity index (χ0n) is 10.7. The summed E-state index contributed by atoms with van der Waals surface area (Å²) in [7, 11) is 1.70. The van der Waals surface area contributed by atoms with Crippen molar-refractivity contribution >= 4 is 16.9 Å². The van der Waals surface area contributed by atoms with Crippen molar-refractivity contribution < 1.29 is 9.53 Å². The van der Waals surface area contributed by atoms with Gasteiger partial charge in [-0.1, -0.05) is 18.2 Å². The fourth-order valence-corrected chi connectivity index (χ4v) is 2.11. The molecule has 0 bridgehead atoms. The van der Waals surface area contributed by atoms with Crippen molar-refractivity contribution in [1.82, 2.24) is 4.57 Å². The standard InChI is InChI=1S/C14H15NO3/c1-4-18-14(17)12-9(2)13(16)15(3)11-8-6-5-7-10(11)12/h5-8H,4H2,1-3H3. The maximum atomic E-state index is 12.1. The monoisotopic (exact) mass is 245 g/mol. The summed E-state index contributed by atoms with van der Waals surface area (Å²) in [6.45, 7) is 3.69. The molecule has 0 aliphatic carbocycles. The average Bonchev–Trinajstić information content (AvgIpc) is 2.37. The van der Waals surface area contributed by atoms with E-state index in [1.807, 2.05) is 24.3 Å². The quantitative estimate of drug-likeness (QED) is 0.760. The Morgan fingerprint density at radius 3 is 2.67 bits per heavy atom. The number of fused-ring (bicyclic) bond motifs is 1. The third-order valence-electron chi connectivity index (χ3n) is 3.01. The van der Waals surface area contributed by atoms with E-state index in [9.17, 15) is 9.59 Å². The second-order valence-corrected chi connectivity index (χ2v) is 4.10. The number of hydrogen-bond donors (Lipinski definition) is 0. The first kappa shape index (κ1) is 12.4. The van der Waals surface area contributed by atoms with Gasteiger partial charge < -0.3 is 9.30 Å². The van der Waals surface area contributed by atoms with E-state index >= 15 is 0 Å². The van der Waals surface area contributed by atoms with Gasteiger partial charge in [0.05, 0.1) is 17.7 Å². The van der Waals surface area contributed by atoms with Crippen molar-refractivity contribution in [3.8, 4) is 0 Å². The molecule has 0 saturated heterocycles. The SMILES string of the molecule is CCOC(=O)c1c(C)c(=O)n(C)c2ccccc12. The highest BCUT2D eigenvalue weighted by Crippen LogP contribution is 2.20. The van der Waals surface area contributed by atoms with Crippen LogP contribution in [0.5, 0.6) is 0 Å². The molecule has 0 spiro atoms. The molecule has 1 aromatic carbocycles. The second kappa shape index (κ2) is 4.64. The Balaban J connectivity index is 2.87. The smallest absolute Gasteiger partial charge is 0.339 e. The molecule has 4 heteroatoms. The molecular formula is C14H15NO3. The van der Waals surface area contributed by atoms with Crippen LogP contribution in [0.2, 0.25) is 0 Å². The number of nitrogens with zero attached hydrogens (tertiary/aromatic N) is 1. The summed E-state index contributed by atoms with van der Waals surface area (Å²) >= 11 is 0. The van der Waals surface area contributed by atoms with Crippen LogP contribution in [-0.2, 0) is 11.8 Å². The summed E-state index contributed by atoms with van der Waals surface area (Å²) in [6.07, 6.45) is 0. The molecule has 94 valence electrons. The summed E-state index contributed by atoms with van der Waals surface area (Å²) in [5.74, 6) is -0.441. The average molecular weight is 245 g/mol. The van der Waals surface area contributed by atoms with Crippen molar-refractivity contribution in [2.24, 2.45) is 7.05 Å². The summed E-state index contributed by atoms with van der Waals surface area (Å²) in [5, 5.41) is 0.746. The third-order valence-corrected chi connectivity index (χ3v) is 3.01. The van der Waals surface area contributed by atoms with Gasteiger partial charge in [0, 0.05) is 18.0 Å². The summed E-state index contributed by atoms with van der Waals surface area (Å²) < 4.78 is 6.57. The number of aryl methyl sites for hydroxylation is 1. The van der Waals surface area contributed by atoms with Gasteiger partial charge in [0.2, 0.25) is 0 Å². The molecule has 1 heterocycles. The topological polar surface area (TPSA) is 48.3 Å². The summed E-state index contributed by atoms with van der Waals surface area (Å²) in [4.78, 5) is 24.0. The second-order valence-electron chi connectivity index (χ2n) is 4.10. The van der Waals surface area contributed by atoms with Crippen LogP contribution < -0.4 is 5.56 Å². The van der Waals surface area contributed by atoms with E-state index in [-0.39, 0.29) is 5.56 Å². The Labute approximate surface area is 105 Å². The van der Waals surface area contributed by atoms with Crippen LogP contribution in [0.4, 0.5) is 0 Å². The molecular weight excluding hydrogens is 230 g/mol. The molecule has 0 fully saturated rings. The van der Waals surface area contributed by atoms with Gasteiger partial charge in [0.15, 0.2) is 0 Å². The van der Waals surface area contributed by atoms with Crippen LogP contribution in [0.1, 0.15) is 22.8 Å². The number of hydrogen-bond acceptors (Lipinski definition) is 3. The van der Waals surface area contributed by atoms with E-state index in [0.29, 0.717) is 17.7 Å². The van der Waals surface area contributed by atoms with Crippen LogP contribution >= 0.6 is 0 Å². The number of carbonyl (C=O) groups excluding carboxylic acids is 1. The predicted molar refractivity (Wildman–Crippen MR) is 69.9 cm³/mol. The largest absolute Gasteiger partial charge is 0.462 e. The number of aromatic nitrogens is 1. The van der Waals surface area contributed by atoms with Crippen LogP contribution in [0.15, 0.2) is 29.1 Å². The Bertz CT molecular complexity index is 671. The molecule has 0 atom stereocenters. The number of ether oxygens (including phenoxy) is 1. The number of esters is 1. The maximum Gasteiger partial charge on any atom is 0.339 e. The number of pyridine rings is 1. The summed E-state index contributed by atoms with van der Waals surface area (Å²) in [6, 6.07) is 7.33. The highest BCUT2D eigenvalue weighted by Gasteiger charge is 2.18. The first-order valence-corrected chi connectivity index (χ1v) is 5.83. The molecule has 2 rings (SSSR count). The number of para-hydroxylation sites is 1. The molecule has 0 N–H and O–H groups in total. The molecule has 0 aliphatic heterocycles. The molecule has 0 radical (unpaired) electrons. The summed E-state index contributed by atoms with van der Waals surface area (Å²) in [5.41, 5.74) is 1.36. The van der Waals surface area contributed by atoms with Crippen LogP contribution in [-0.4, -0.2) is 17.1 Å². The lowest BCUT2D eigenvalue weighted by Gasteiger charge is -2.12. The Kier molecular flexibility index (Phi) is 3.19.